The highest BCUT2D eigenvalue weighted by Gasteiger charge is 2.12. The van der Waals surface area contributed by atoms with Crippen molar-refractivity contribution in [1.82, 2.24) is 10.3 Å². The van der Waals surface area contributed by atoms with Crippen LogP contribution in [-0.2, 0) is 0 Å². The van der Waals surface area contributed by atoms with Gasteiger partial charge >= 0.3 is 6.09 Å². The standard InChI is InChI=1S/C10H10N2O2S2/c13-10(14)11-5-7(15)9-12-6-3-1-2-4-8(6)16-9/h1-4,7,11,15H,5H2,(H,13,14). The summed E-state index contributed by atoms with van der Waals surface area (Å²) in [6.07, 6.45) is -1.04. The maximum Gasteiger partial charge on any atom is 0.404 e. The Morgan fingerprint density at radius 1 is 1.56 bits per heavy atom. The Morgan fingerprint density at radius 2 is 2.31 bits per heavy atom. The van der Waals surface area contributed by atoms with Gasteiger partial charge in [0.2, 0.25) is 0 Å². The van der Waals surface area contributed by atoms with Crippen LogP contribution in [0, 0.1) is 0 Å². The third-order valence-corrected chi connectivity index (χ3v) is 3.79. The van der Waals surface area contributed by atoms with Crippen LogP contribution in [0.3, 0.4) is 0 Å². The lowest BCUT2D eigenvalue weighted by molar-refractivity contribution is 0.194. The number of amides is 1. The second-order valence-corrected chi connectivity index (χ2v) is 4.91. The number of para-hydroxylation sites is 1. The zero-order valence-corrected chi connectivity index (χ0v) is 9.96. The van der Waals surface area contributed by atoms with E-state index in [2.05, 4.69) is 22.9 Å². The minimum atomic E-state index is -1.04. The molecule has 0 spiro atoms. The van der Waals surface area contributed by atoms with Crippen molar-refractivity contribution in [3.8, 4) is 0 Å². The van der Waals surface area contributed by atoms with Crippen LogP contribution in [0.5, 0.6) is 0 Å². The van der Waals surface area contributed by atoms with Gasteiger partial charge < -0.3 is 10.4 Å². The Hall–Kier alpha value is -1.27. The monoisotopic (exact) mass is 254 g/mol. The molecule has 0 bridgehead atoms. The van der Waals surface area contributed by atoms with Crippen molar-refractivity contribution >= 4 is 40.3 Å². The Bertz CT molecular complexity index is 479. The highest BCUT2D eigenvalue weighted by Crippen LogP contribution is 2.28. The molecule has 0 radical (unpaired) electrons. The smallest absolute Gasteiger partial charge is 0.404 e. The Morgan fingerprint density at radius 3 is 3.00 bits per heavy atom. The van der Waals surface area contributed by atoms with E-state index >= 15 is 0 Å². The van der Waals surface area contributed by atoms with Crippen LogP contribution in [0.1, 0.15) is 10.3 Å². The van der Waals surface area contributed by atoms with Gasteiger partial charge in [0.25, 0.3) is 0 Å². The second-order valence-electron chi connectivity index (χ2n) is 3.22. The van der Waals surface area contributed by atoms with Gasteiger partial charge in [-0.15, -0.1) is 11.3 Å². The molecule has 0 aliphatic carbocycles. The largest absolute Gasteiger partial charge is 0.465 e. The molecular formula is C10H10N2O2S2. The van der Waals surface area contributed by atoms with Crippen molar-refractivity contribution in [2.45, 2.75) is 5.25 Å². The number of thiol groups is 1. The Kier molecular flexibility index (Phi) is 3.31. The van der Waals surface area contributed by atoms with Crippen molar-refractivity contribution in [3.05, 3.63) is 29.3 Å². The molecule has 1 heterocycles. The molecular weight excluding hydrogens is 244 g/mol. The first kappa shape index (κ1) is 11.2. The first-order chi connectivity index (χ1) is 7.66. The number of hydrogen-bond acceptors (Lipinski definition) is 4. The zero-order valence-electron chi connectivity index (χ0n) is 8.25. The van der Waals surface area contributed by atoms with E-state index < -0.39 is 6.09 Å². The van der Waals surface area contributed by atoms with E-state index in [-0.39, 0.29) is 11.8 Å². The van der Waals surface area contributed by atoms with Crippen LogP contribution >= 0.6 is 24.0 Å². The van der Waals surface area contributed by atoms with Crippen molar-refractivity contribution in [2.75, 3.05) is 6.54 Å². The average molecular weight is 254 g/mol. The third kappa shape index (κ3) is 2.45. The van der Waals surface area contributed by atoms with E-state index in [1.54, 1.807) is 0 Å². The lowest BCUT2D eigenvalue weighted by atomic mass is 10.3. The number of aromatic nitrogens is 1. The van der Waals surface area contributed by atoms with Crippen molar-refractivity contribution < 1.29 is 9.90 Å². The number of carbonyl (C=O) groups is 1. The molecule has 2 aromatic rings. The molecule has 0 saturated carbocycles. The van der Waals surface area contributed by atoms with E-state index in [0.29, 0.717) is 0 Å². The van der Waals surface area contributed by atoms with Crippen molar-refractivity contribution in [1.29, 1.82) is 0 Å². The molecule has 1 amide bonds. The molecule has 1 atom stereocenters. The summed E-state index contributed by atoms with van der Waals surface area (Å²) in [6.45, 7) is 0.262. The summed E-state index contributed by atoms with van der Waals surface area (Å²) in [5.41, 5.74) is 0.928. The summed E-state index contributed by atoms with van der Waals surface area (Å²) < 4.78 is 1.09. The molecule has 6 heteroatoms. The van der Waals surface area contributed by atoms with Gasteiger partial charge in [0.15, 0.2) is 0 Å². The molecule has 0 saturated heterocycles. The predicted molar refractivity (Wildman–Crippen MR) is 67.4 cm³/mol. The van der Waals surface area contributed by atoms with Crippen LogP contribution in [-0.4, -0.2) is 22.7 Å². The SMILES string of the molecule is O=C(O)NCC(S)c1nc2ccccc2s1. The molecule has 2 N–H and O–H groups in total. The van der Waals surface area contributed by atoms with Gasteiger partial charge in [-0.2, -0.15) is 12.6 Å². The number of rotatable bonds is 3. The van der Waals surface area contributed by atoms with Gasteiger partial charge in [-0.1, -0.05) is 12.1 Å². The van der Waals surface area contributed by atoms with Crippen molar-refractivity contribution in [2.24, 2.45) is 0 Å². The van der Waals surface area contributed by atoms with Gasteiger partial charge in [-0.3, -0.25) is 0 Å². The Balaban J connectivity index is 2.16. The molecule has 84 valence electrons. The molecule has 1 aromatic carbocycles. The van der Waals surface area contributed by atoms with Gasteiger partial charge in [-0.25, -0.2) is 9.78 Å². The van der Waals surface area contributed by atoms with Crippen LogP contribution in [0.25, 0.3) is 10.2 Å². The number of hydrogen-bond donors (Lipinski definition) is 3. The quantitative estimate of drug-likeness (QED) is 0.738. The van der Waals surface area contributed by atoms with Gasteiger partial charge in [0, 0.05) is 6.54 Å². The number of benzene rings is 1. The second kappa shape index (κ2) is 4.71. The van der Waals surface area contributed by atoms with Crippen LogP contribution in [0.4, 0.5) is 4.79 Å². The minimum absolute atomic E-state index is 0.200. The average Bonchev–Trinajstić information content (AvgIpc) is 2.69. The van der Waals surface area contributed by atoms with Gasteiger partial charge in [0.05, 0.1) is 15.5 Å². The molecule has 0 fully saturated rings. The molecule has 0 aliphatic heterocycles. The zero-order chi connectivity index (χ0) is 11.5. The van der Waals surface area contributed by atoms with Crippen LogP contribution in [0.2, 0.25) is 0 Å². The normalized spacial score (nSPS) is 12.6. The first-order valence-electron chi connectivity index (χ1n) is 4.67. The summed E-state index contributed by atoms with van der Waals surface area (Å²) in [6, 6.07) is 7.80. The summed E-state index contributed by atoms with van der Waals surface area (Å²) in [5, 5.41) is 11.4. The molecule has 4 nitrogen and oxygen atoms in total. The number of fused-ring (bicyclic) bond motifs is 1. The number of nitrogens with zero attached hydrogens (tertiary/aromatic N) is 1. The highest BCUT2D eigenvalue weighted by atomic mass is 32.1. The summed E-state index contributed by atoms with van der Waals surface area (Å²) in [4.78, 5) is 14.7. The number of nitrogens with one attached hydrogen (secondary N) is 1. The van der Waals surface area contributed by atoms with E-state index in [0.717, 1.165) is 15.2 Å². The lowest BCUT2D eigenvalue weighted by Gasteiger charge is -2.05. The summed E-state index contributed by atoms with van der Waals surface area (Å²) in [5.74, 6) is 0. The topological polar surface area (TPSA) is 62.2 Å². The third-order valence-electron chi connectivity index (χ3n) is 2.04. The Labute approximate surface area is 102 Å². The van der Waals surface area contributed by atoms with Gasteiger partial charge in [0.1, 0.15) is 5.01 Å². The molecule has 0 aliphatic rings. The van der Waals surface area contributed by atoms with Crippen LogP contribution in [0.15, 0.2) is 24.3 Å². The van der Waals surface area contributed by atoms with E-state index in [1.165, 1.54) is 11.3 Å². The summed E-state index contributed by atoms with van der Waals surface area (Å²) in [7, 11) is 0. The van der Waals surface area contributed by atoms with E-state index in [9.17, 15) is 4.79 Å². The van der Waals surface area contributed by atoms with Crippen molar-refractivity contribution in [3.63, 3.8) is 0 Å². The van der Waals surface area contributed by atoms with Crippen LogP contribution < -0.4 is 5.32 Å². The van der Waals surface area contributed by atoms with E-state index in [4.69, 9.17) is 5.11 Å². The maximum atomic E-state index is 10.3. The number of carboxylic acid groups (broad SMARTS) is 1. The maximum absolute atomic E-state index is 10.3. The molecule has 1 aromatic heterocycles. The molecule has 16 heavy (non-hydrogen) atoms. The highest BCUT2D eigenvalue weighted by molar-refractivity contribution is 7.80. The fourth-order valence-corrected chi connectivity index (χ4v) is 2.56. The summed E-state index contributed by atoms with van der Waals surface area (Å²) >= 11 is 5.86. The predicted octanol–water partition coefficient (Wildman–Crippen LogP) is 2.53. The fourth-order valence-electron chi connectivity index (χ4n) is 1.30. The molecule has 1 unspecified atom stereocenters. The van der Waals surface area contributed by atoms with Gasteiger partial charge in [-0.05, 0) is 12.1 Å². The van der Waals surface area contributed by atoms with E-state index in [1.807, 2.05) is 24.3 Å². The fraction of sp³-hybridized carbons (Fsp3) is 0.200. The lowest BCUT2D eigenvalue weighted by Crippen LogP contribution is -2.24. The number of thiazole rings is 1. The first-order valence-corrected chi connectivity index (χ1v) is 6.00. The minimum Gasteiger partial charge on any atom is -0.465 e. The molecule has 2 rings (SSSR count).